The first-order valence-corrected chi connectivity index (χ1v) is 14.4. The standard InChI is InChI=1S/C34H32F3N3O3/c1-20(2)21-6-4-10-25(17-21)33(13-14-33)32-38-28-12-15-40(19-27(28)30(42)39-32)31(43)29(41)24-9-3-7-22(16-24)23-8-5-11-26(18-23)34(35,36)37/h3-11,16-18,20,29,41H,12-15,19H2,1-2H3,(H,38,39,42). The molecule has 1 aliphatic heterocycles. The van der Waals surface area contributed by atoms with Gasteiger partial charge in [0.25, 0.3) is 11.5 Å². The number of aliphatic hydroxyl groups is 1. The van der Waals surface area contributed by atoms with Gasteiger partial charge < -0.3 is 15.0 Å². The number of carbonyl (C=O) groups excluding carboxylic acids is 1. The Hall–Kier alpha value is -4.24. The molecule has 0 bridgehead atoms. The van der Waals surface area contributed by atoms with Crippen molar-refractivity contribution >= 4 is 5.91 Å². The van der Waals surface area contributed by atoms with Crippen molar-refractivity contribution in [2.24, 2.45) is 0 Å². The van der Waals surface area contributed by atoms with Gasteiger partial charge in [-0.2, -0.15) is 13.2 Å². The van der Waals surface area contributed by atoms with Crippen LogP contribution in [0.3, 0.4) is 0 Å². The lowest BCUT2D eigenvalue weighted by Gasteiger charge is -2.30. The zero-order valence-corrected chi connectivity index (χ0v) is 23.9. The molecule has 0 spiro atoms. The van der Waals surface area contributed by atoms with E-state index in [4.69, 9.17) is 4.98 Å². The zero-order chi connectivity index (χ0) is 30.5. The first-order valence-electron chi connectivity index (χ1n) is 14.4. The Bertz CT molecular complexity index is 1760. The molecule has 4 aromatic rings. The molecule has 43 heavy (non-hydrogen) atoms. The summed E-state index contributed by atoms with van der Waals surface area (Å²) in [6.45, 7) is 4.59. The number of halogens is 3. The Balaban J connectivity index is 1.21. The number of aliphatic hydroxyl groups excluding tert-OH is 1. The topological polar surface area (TPSA) is 86.3 Å². The van der Waals surface area contributed by atoms with Crippen molar-refractivity contribution in [3.63, 3.8) is 0 Å². The summed E-state index contributed by atoms with van der Waals surface area (Å²) in [5.41, 5.74) is 3.08. The van der Waals surface area contributed by atoms with Gasteiger partial charge in [-0.05, 0) is 64.8 Å². The summed E-state index contributed by atoms with van der Waals surface area (Å²) in [5.74, 6) is 0.455. The third-order valence-corrected chi connectivity index (χ3v) is 8.65. The van der Waals surface area contributed by atoms with E-state index in [0.717, 1.165) is 30.5 Å². The number of nitrogens with one attached hydrogen (secondary N) is 1. The number of nitrogens with zero attached hydrogens (tertiary/aromatic N) is 2. The highest BCUT2D eigenvalue weighted by atomic mass is 19.4. The lowest BCUT2D eigenvalue weighted by Crippen LogP contribution is -2.42. The van der Waals surface area contributed by atoms with Gasteiger partial charge in [-0.1, -0.05) is 68.4 Å². The molecule has 2 aliphatic rings. The highest BCUT2D eigenvalue weighted by Gasteiger charge is 2.49. The lowest BCUT2D eigenvalue weighted by molar-refractivity contribution is -0.141. The van der Waals surface area contributed by atoms with Crippen molar-refractivity contribution in [1.29, 1.82) is 0 Å². The Labute approximate surface area is 247 Å². The molecule has 2 N–H and O–H groups in total. The molecule has 0 saturated heterocycles. The molecule has 1 amide bonds. The van der Waals surface area contributed by atoms with E-state index in [-0.39, 0.29) is 29.6 Å². The average Bonchev–Trinajstić information content (AvgIpc) is 3.82. The van der Waals surface area contributed by atoms with E-state index < -0.39 is 23.8 Å². The van der Waals surface area contributed by atoms with Crippen molar-refractivity contribution < 1.29 is 23.1 Å². The number of amides is 1. The number of aromatic amines is 1. The quantitative estimate of drug-likeness (QED) is 0.278. The van der Waals surface area contributed by atoms with Crippen LogP contribution in [-0.2, 0) is 29.4 Å². The summed E-state index contributed by atoms with van der Waals surface area (Å²) in [6, 6.07) is 19.6. The smallest absolute Gasteiger partial charge is 0.378 e. The van der Waals surface area contributed by atoms with Crippen LogP contribution in [0.5, 0.6) is 0 Å². The van der Waals surface area contributed by atoms with Gasteiger partial charge >= 0.3 is 6.18 Å². The number of hydrogen-bond donors (Lipinski definition) is 2. The van der Waals surface area contributed by atoms with E-state index in [1.807, 2.05) is 6.07 Å². The normalized spacial score (nSPS) is 16.6. The molecule has 1 aliphatic carbocycles. The molecular formula is C34H32F3N3O3. The van der Waals surface area contributed by atoms with Crippen molar-refractivity contribution in [1.82, 2.24) is 14.9 Å². The van der Waals surface area contributed by atoms with Gasteiger partial charge in [0.1, 0.15) is 5.82 Å². The van der Waals surface area contributed by atoms with Crippen LogP contribution in [0.25, 0.3) is 11.1 Å². The van der Waals surface area contributed by atoms with Gasteiger partial charge in [0, 0.05) is 13.0 Å². The molecule has 1 fully saturated rings. The molecule has 9 heteroatoms. The molecule has 1 aromatic heterocycles. The maximum absolute atomic E-state index is 13.4. The van der Waals surface area contributed by atoms with Gasteiger partial charge in [0.15, 0.2) is 6.10 Å². The molecule has 1 unspecified atom stereocenters. The molecule has 0 radical (unpaired) electrons. The molecular weight excluding hydrogens is 555 g/mol. The summed E-state index contributed by atoms with van der Waals surface area (Å²) in [6.07, 6.45) is -3.86. The number of hydrogen-bond acceptors (Lipinski definition) is 4. The number of alkyl halides is 3. The largest absolute Gasteiger partial charge is 0.416 e. The van der Waals surface area contributed by atoms with Crippen molar-refractivity contribution in [2.75, 3.05) is 6.54 Å². The van der Waals surface area contributed by atoms with E-state index in [1.165, 1.54) is 22.6 Å². The van der Waals surface area contributed by atoms with Gasteiger partial charge in [-0.25, -0.2) is 4.98 Å². The first-order chi connectivity index (χ1) is 20.5. The molecule has 222 valence electrons. The fraction of sp³-hybridized carbons (Fsp3) is 0.324. The number of aromatic nitrogens is 2. The number of fused-ring (bicyclic) bond motifs is 1. The van der Waals surface area contributed by atoms with E-state index in [0.29, 0.717) is 40.5 Å². The van der Waals surface area contributed by atoms with E-state index >= 15 is 0 Å². The molecule has 1 saturated carbocycles. The fourth-order valence-electron chi connectivity index (χ4n) is 5.90. The Kier molecular flexibility index (Phi) is 7.24. The second kappa shape index (κ2) is 10.8. The molecule has 6 rings (SSSR count). The summed E-state index contributed by atoms with van der Waals surface area (Å²) in [7, 11) is 0. The second-order valence-electron chi connectivity index (χ2n) is 11.8. The minimum absolute atomic E-state index is 0.0109. The van der Waals surface area contributed by atoms with Crippen LogP contribution in [0, 0.1) is 0 Å². The van der Waals surface area contributed by atoms with Gasteiger partial charge in [-0.15, -0.1) is 0 Å². The van der Waals surface area contributed by atoms with E-state index in [9.17, 15) is 27.9 Å². The van der Waals surface area contributed by atoms with Crippen LogP contribution < -0.4 is 5.56 Å². The van der Waals surface area contributed by atoms with E-state index in [1.54, 1.807) is 24.3 Å². The van der Waals surface area contributed by atoms with Crippen molar-refractivity contribution in [3.05, 3.63) is 122 Å². The van der Waals surface area contributed by atoms with Crippen LogP contribution >= 0.6 is 0 Å². The first kappa shape index (κ1) is 28.9. The molecule has 3 aromatic carbocycles. The third-order valence-electron chi connectivity index (χ3n) is 8.65. The fourth-order valence-corrected chi connectivity index (χ4v) is 5.90. The summed E-state index contributed by atoms with van der Waals surface area (Å²) in [5, 5.41) is 11.0. The van der Waals surface area contributed by atoms with Gasteiger partial charge in [0.05, 0.1) is 28.8 Å². The Morgan fingerprint density at radius 2 is 1.65 bits per heavy atom. The van der Waals surface area contributed by atoms with Crippen LogP contribution in [0.15, 0.2) is 77.6 Å². The van der Waals surface area contributed by atoms with Crippen molar-refractivity contribution in [2.45, 2.75) is 63.3 Å². The monoisotopic (exact) mass is 587 g/mol. The van der Waals surface area contributed by atoms with Crippen molar-refractivity contribution in [3.8, 4) is 11.1 Å². The maximum Gasteiger partial charge on any atom is 0.416 e. The summed E-state index contributed by atoms with van der Waals surface area (Å²) >= 11 is 0. The van der Waals surface area contributed by atoms with Gasteiger partial charge in [-0.3, -0.25) is 9.59 Å². The number of benzene rings is 3. The van der Waals surface area contributed by atoms with Crippen LogP contribution in [0.4, 0.5) is 13.2 Å². The second-order valence-corrected chi connectivity index (χ2v) is 11.8. The summed E-state index contributed by atoms with van der Waals surface area (Å²) in [4.78, 5) is 36.0. The Morgan fingerprint density at radius 3 is 2.35 bits per heavy atom. The van der Waals surface area contributed by atoms with Crippen LogP contribution in [0.2, 0.25) is 0 Å². The zero-order valence-electron chi connectivity index (χ0n) is 23.9. The lowest BCUT2D eigenvalue weighted by atomic mass is 9.90. The number of rotatable bonds is 6. The SMILES string of the molecule is CC(C)c1cccc(C2(c3nc4c(c(=O)[nH]3)CN(C(=O)C(O)c3cccc(-c5cccc(C(F)(F)F)c5)c3)CC4)CC2)c1. The average molecular weight is 588 g/mol. The van der Waals surface area contributed by atoms with Crippen LogP contribution in [0.1, 0.15) is 78.0 Å². The number of carbonyl (C=O) groups is 1. The van der Waals surface area contributed by atoms with E-state index in [2.05, 4.69) is 37.0 Å². The van der Waals surface area contributed by atoms with Crippen LogP contribution in [-0.4, -0.2) is 32.4 Å². The predicted molar refractivity (Wildman–Crippen MR) is 156 cm³/mol. The highest BCUT2D eigenvalue weighted by Crippen LogP contribution is 2.52. The maximum atomic E-state index is 13.4. The molecule has 6 nitrogen and oxygen atoms in total. The summed E-state index contributed by atoms with van der Waals surface area (Å²) < 4.78 is 39.7. The molecule has 2 heterocycles. The minimum Gasteiger partial charge on any atom is -0.378 e. The third kappa shape index (κ3) is 5.49. The number of H-pyrrole nitrogens is 1. The Morgan fingerprint density at radius 1 is 0.977 bits per heavy atom. The van der Waals surface area contributed by atoms with Gasteiger partial charge in [0.2, 0.25) is 0 Å². The predicted octanol–water partition coefficient (Wildman–Crippen LogP) is 6.28. The highest BCUT2D eigenvalue weighted by molar-refractivity contribution is 5.83. The molecule has 1 atom stereocenters. The minimum atomic E-state index is -4.49.